The lowest BCUT2D eigenvalue weighted by Crippen LogP contribution is -2.32. The number of hydrogen-bond acceptors (Lipinski definition) is 2. The second-order valence-corrected chi connectivity index (χ2v) is 5.91. The van der Waals surface area contributed by atoms with Crippen molar-refractivity contribution in [2.24, 2.45) is 0 Å². The van der Waals surface area contributed by atoms with Gasteiger partial charge in [0.1, 0.15) is 6.17 Å². The molecule has 0 N–H and O–H groups in total. The van der Waals surface area contributed by atoms with Gasteiger partial charge in [0.15, 0.2) is 0 Å². The number of aryl methyl sites for hydroxylation is 1. The number of urea groups is 1. The van der Waals surface area contributed by atoms with E-state index in [0.29, 0.717) is 0 Å². The van der Waals surface area contributed by atoms with Gasteiger partial charge in [-0.2, -0.15) is 5.01 Å². The van der Waals surface area contributed by atoms with Crippen LogP contribution in [-0.4, -0.2) is 29.1 Å². The SMILES string of the molecule is Cc1ccc(C2N(c3ccccc3)C(=O)N3CCCN23)cc1. The van der Waals surface area contributed by atoms with Crippen molar-refractivity contribution in [3.8, 4) is 0 Å². The predicted octanol–water partition coefficient (Wildman–Crippen LogP) is 3.56. The first-order chi connectivity index (χ1) is 10.8. The molecule has 2 heterocycles. The molecule has 0 radical (unpaired) electrons. The van der Waals surface area contributed by atoms with Crippen LogP contribution < -0.4 is 4.90 Å². The molecule has 22 heavy (non-hydrogen) atoms. The molecule has 0 aliphatic carbocycles. The average Bonchev–Trinajstić information content (AvgIpc) is 3.12. The Balaban J connectivity index is 1.80. The highest BCUT2D eigenvalue weighted by Crippen LogP contribution is 2.40. The monoisotopic (exact) mass is 293 g/mol. The minimum atomic E-state index is -0.0435. The number of rotatable bonds is 2. The van der Waals surface area contributed by atoms with Gasteiger partial charge in [0.05, 0.1) is 0 Å². The number of carbonyl (C=O) groups is 1. The van der Waals surface area contributed by atoms with Crippen LogP contribution in [0.2, 0.25) is 0 Å². The fourth-order valence-electron chi connectivity index (χ4n) is 3.35. The Bertz CT molecular complexity index is 683. The first kappa shape index (κ1) is 13.3. The van der Waals surface area contributed by atoms with Gasteiger partial charge in [-0.3, -0.25) is 9.91 Å². The summed E-state index contributed by atoms with van der Waals surface area (Å²) in [6.45, 7) is 3.82. The molecule has 2 fully saturated rings. The molecule has 2 aliphatic rings. The summed E-state index contributed by atoms with van der Waals surface area (Å²) in [6.07, 6.45) is 0.995. The van der Waals surface area contributed by atoms with Crippen molar-refractivity contribution >= 4 is 11.7 Å². The van der Waals surface area contributed by atoms with Crippen molar-refractivity contribution in [3.05, 3.63) is 65.7 Å². The Morgan fingerprint density at radius 1 is 0.955 bits per heavy atom. The molecule has 4 rings (SSSR count). The van der Waals surface area contributed by atoms with Gasteiger partial charge in [0.2, 0.25) is 0 Å². The summed E-state index contributed by atoms with van der Waals surface area (Å²) in [5.74, 6) is 0. The van der Waals surface area contributed by atoms with Gasteiger partial charge >= 0.3 is 6.03 Å². The molecule has 4 heteroatoms. The summed E-state index contributed by atoms with van der Waals surface area (Å²) in [5.41, 5.74) is 3.34. The first-order valence-corrected chi connectivity index (χ1v) is 7.74. The molecule has 2 aromatic rings. The molecular weight excluding hydrogens is 274 g/mol. The molecule has 1 unspecified atom stereocenters. The van der Waals surface area contributed by atoms with Crippen molar-refractivity contribution in [1.82, 2.24) is 10.0 Å². The zero-order valence-electron chi connectivity index (χ0n) is 12.6. The zero-order chi connectivity index (χ0) is 15.1. The number of fused-ring (bicyclic) bond motifs is 1. The van der Waals surface area contributed by atoms with E-state index in [4.69, 9.17) is 0 Å². The van der Waals surface area contributed by atoms with E-state index in [1.807, 2.05) is 40.2 Å². The predicted molar refractivity (Wildman–Crippen MR) is 86.3 cm³/mol. The lowest BCUT2D eigenvalue weighted by Gasteiger charge is -2.28. The number of para-hydroxylation sites is 1. The van der Waals surface area contributed by atoms with Crippen LogP contribution in [-0.2, 0) is 0 Å². The summed E-state index contributed by atoms with van der Waals surface area (Å²) in [4.78, 5) is 14.8. The van der Waals surface area contributed by atoms with E-state index in [9.17, 15) is 4.79 Å². The summed E-state index contributed by atoms with van der Waals surface area (Å²) < 4.78 is 0. The summed E-state index contributed by atoms with van der Waals surface area (Å²) in [5, 5.41) is 4.08. The van der Waals surface area contributed by atoms with Crippen molar-refractivity contribution in [2.45, 2.75) is 19.5 Å². The molecule has 2 aliphatic heterocycles. The topological polar surface area (TPSA) is 26.8 Å². The number of anilines is 1. The molecule has 0 spiro atoms. The minimum absolute atomic E-state index is 0.0435. The van der Waals surface area contributed by atoms with Gasteiger partial charge in [-0.15, -0.1) is 0 Å². The van der Waals surface area contributed by atoms with Crippen molar-refractivity contribution in [2.75, 3.05) is 18.0 Å². The van der Waals surface area contributed by atoms with E-state index >= 15 is 0 Å². The first-order valence-electron chi connectivity index (χ1n) is 7.74. The number of benzene rings is 2. The van der Waals surface area contributed by atoms with E-state index in [0.717, 1.165) is 30.8 Å². The highest BCUT2D eigenvalue weighted by atomic mass is 16.2. The summed E-state index contributed by atoms with van der Waals surface area (Å²) in [6, 6.07) is 18.5. The standard InChI is InChI=1S/C18H19N3O/c1-14-8-10-15(11-9-14)17-19-12-5-13-20(19)18(22)21(17)16-6-3-2-4-7-16/h2-4,6-11,17H,5,12-13H2,1H3. The lowest BCUT2D eigenvalue weighted by atomic mass is 10.1. The third-order valence-corrected chi connectivity index (χ3v) is 4.43. The van der Waals surface area contributed by atoms with Crippen LogP contribution in [0.15, 0.2) is 54.6 Å². The highest BCUT2D eigenvalue weighted by Gasteiger charge is 2.47. The van der Waals surface area contributed by atoms with E-state index in [1.54, 1.807) is 0 Å². The molecule has 1 atom stereocenters. The maximum absolute atomic E-state index is 12.8. The van der Waals surface area contributed by atoms with Crippen molar-refractivity contribution in [1.29, 1.82) is 0 Å². The fraction of sp³-hybridized carbons (Fsp3) is 0.278. The maximum Gasteiger partial charge on any atom is 0.340 e. The van der Waals surface area contributed by atoms with Gasteiger partial charge in [0.25, 0.3) is 0 Å². The van der Waals surface area contributed by atoms with Gasteiger partial charge in [0, 0.05) is 18.8 Å². The average molecular weight is 293 g/mol. The number of hydrogen-bond donors (Lipinski definition) is 0. The van der Waals surface area contributed by atoms with Crippen LogP contribution in [0.25, 0.3) is 0 Å². The van der Waals surface area contributed by atoms with Crippen LogP contribution in [0.4, 0.5) is 10.5 Å². The number of amides is 2. The van der Waals surface area contributed by atoms with Crippen LogP contribution in [0, 0.1) is 6.92 Å². The molecule has 4 nitrogen and oxygen atoms in total. The summed E-state index contributed by atoms with van der Waals surface area (Å²) >= 11 is 0. The van der Waals surface area contributed by atoms with Crippen molar-refractivity contribution < 1.29 is 4.79 Å². The number of nitrogens with zero attached hydrogens (tertiary/aromatic N) is 3. The van der Waals surface area contributed by atoms with Gasteiger partial charge in [-0.25, -0.2) is 4.79 Å². The smallest absolute Gasteiger partial charge is 0.271 e. The Morgan fingerprint density at radius 2 is 1.68 bits per heavy atom. The Morgan fingerprint density at radius 3 is 2.41 bits per heavy atom. The Hall–Kier alpha value is -2.33. The van der Waals surface area contributed by atoms with Crippen LogP contribution in [0.5, 0.6) is 0 Å². The molecular formula is C18H19N3O. The van der Waals surface area contributed by atoms with Crippen LogP contribution in [0.1, 0.15) is 23.7 Å². The molecule has 2 aromatic carbocycles. The van der Waals surface area contributed by atoms with E-state index in [1.165, 1.54) is 5.56 Å². The molecule has 0 aromatic heterocycles. The second-order valence-electron chi connectivity index (χ2n) is 5.91. The van der Waals surface area contributed by atoms with Gasteiger partial charge in [-0.1, -0.05) is 48.0 Å². The summed E-state index contributed by atoms with van der Waals surface area (Å²) in [7, 11) is 0. The zero-order valence-corrected chi connectivity index (χ0v) is 12.6. The number of hydrazine groups is 1. The van der Waals surface area contributed by atoms with Gasteiger partial charge < -0.3 is 0 Å². The molecule has 0 saturated carbocycles. The third kappa shape index (κ3) is 1.99. The van der Waals surface area contributed by atoms with E-state index in [2.05, 4.69) is 36.2 Å². The minimum Gasteiger partial charge on any atom is -0.271 e. The second kappa shape index (κ2) is 5.14. The largest absolute Gasteiger partial charge is 0.340 e. The van der Waals surface area contributed by atoms with Crippen LogP contribution >= 0.6 is 0 Å². The van der Waals surface area contributed by atoms with E-state index in [-0.39, 0.29) is 12.2 Å². The maximum atomic E-state index is 12.8. The normalized spacial score (nSPS) is 21.5. The fourth-order valence-corrected chi connectivity index (χ4v) is 3.35. The Labute approximate surface area is 130 Å². The molecule has 112 valence electrons. The quantitative estimate of drug-likeness (QED) is 0.846. The molecule has 2 saturated heterocycles. The molecule has 0 bridgehead atoms. The lowest BCUT2D eigenvalue weighted by molar-refractivity contribution is 0.0728. The van der Waals surface area contributed by atoms with Crippen molar-refractivity contribution in [3.63, 3.8) is 0 Å². The Kier molecular flexibility index (Phi) is 3.12. The molecule has 2 amide bonds. The van der Waals surface area contributed by atoms with E-state index < -0.39 is 0 Å². The van der Waals surface area contributed by atoms with Gasteiger partial charge in [-0.05, 0) is 31.0 Å². The highest BCUT2D eigenvalue weighted by molar-refractivity contribution is 5.94. The van der Waals surface area contributed by atoms with Crippen LogP contribution in [0.3, 0.4) is 0 Å². The number of carbonyl (C=O) groups excluding carboxylic acids is 1. The third-order valence-electron chi connectivity index (χ3n) is 4.43.